The highest BCUT2D eigenvalue weighted by Gasteiger charge is 2.24. The third-order valence-corrected chi connectivity index (χ3v) is 6.75. The number of allylic oxidation sites excluding steroid dienone is 4. The van der Waals surface area contributed by atoms with Gasteiger partial charge in [0.25, 0.3) is 0 Å². The molecule has 4 rings (SSSR count). The number of aromatic hydroxyl groups is 3. The van der Waals surface area contributed by atoms with Crippen LogP contribution >= 0.6 is 0 Å². The van der Waals surface area contributed by atoms with E-state index in [1.165, 1.54) is 5.56 Å². The van der Waals surface area contributed by atoms with Gasteiger partial charge in [-0.25, -0.2) is 0 Å². The highest BCUT2D eigenvalue weighted by atomic mass is 16.3. The fourth-order valence-electron chi connectivity index (χ4n) is 4.41. The van der Waals surface area contributed by atoms with Crippen LogP contribution in [0.2, 0.25) is 0 Å². The Kier molecular flexibility index (Phi) is 8.03. The molecule has 0 aliphatic heterocycles. The summed E-state index contributed by atoms with van der Waals surface area (Å²) in [5, 5.41) is 41.3. The van der Waals surface area contributed by atoms with Gasteiger partial charge in [0, 0.05) is 11.5 Å². The number of aryl methyl sites for hydroxylation is 1. The van der Waals surface area contributed by atoms with Gasteiger partial charge in [-0.2, -0.15) is 0 Å². The lowest BCUT2D eigenvalue weighted by Gasteiger charge is -2.22. The Hall–Kier alpha value is -4.70. The van der Waals surface area contributed by atoms with Crippen molar-refractivity contribution in [2.45, 2.75) is 26.2 Å². The van der Waals surface area contributed by atoms with Crippen molar-refractivity contribution in [2.75, 3.05) is 0 Å². The minimum Gasteiger partial charge on any atom is -0.508 e. The van der Waals surface area contributed by atoms with Gasteiger partial charge >= 0.3 is 0 Å². The Morgan fingerprint density at radius 1 is 0.763 bits per heavy atom. The van der Waals surface area contributed by atoms with Gasteiger partial charge in [0.2, 0.25) is 0 Å². The molecule has 0 heterocycles. The lowest BCUT2D eigenvalue weighted by Crippen LogP contribution is -2.07. The SMILES string of the molecule is C=C(/C(O)=C\C=C(/C)c1ccc(O)cc1)C(c1ccc(CC)cc1)c1cc(-c2ccc(O)cc2)ccc1O. The van der Waals surface area contributed by atoms with Crippen molar-refractivity contribution in [3.8, 4) is 28.4 Å². The van der Waals surface area contributed by atoms with Crippen molar-refractivity contribution in [1.29, 1.82) is 0 Å². The van der Waals surface area contributed by atoms with Crippen LogP contribution in [0.1, 0.15) is 42.0 Å². The third-order valence-electron chi connectivity index (χ3n) is 6.75. The van der Waals surface area contributed by atoms with E-state index >= 15 is 0 Å². The minimum absolute atomic E-state index is 0.00197. The molecule has 0 amide bonds. The molecule has 0 spiro atoms. The topological polar surface area (TPSA) is 80.9 Å². The zero-order valence-electron chi connectivity index (χ0n) is 21.6. The average molecular weight is 505 g/mol. The molecule has 0 saturated heterocycles. The van der Waals surface area contributed by atoms with E-state index in [-0.39, 0.29) is 23.0 Å². The van der Waals surface area contributed by atoms with E-state index in [4.69, 9.17) is 0 Å². The molecule has 0 saturated carbocycles. The van der Waals surface area contributed by atoms with Gasteiger partial charge in [-0.05, 0) is 94.8 Å². The molecule has 1 atom stereocenters. The van der Waals surface area contributed by atoms with Crippen LogP contribution in [0.3, 0.4) is 0 Å². The molecule has 4 heteroatoms. The number of benzene rings is 4. The van der Waals surface area contributed by atoms with Crippen LogP contribution < -0.4 is 0 Å². The maximum Gasteiger partial charge on any atom is 0.119 e. The van der Waals surface area contributed by atoms with Crippen LogP contribution in [-0.4, -0.2) is 20.4 Å². The standard InChI is InChI=1S/C34H32O4/c1-4-24-6-8-27(9-7-24)34(23(3)32(37)19-5-22(2)25-10-15-29(35)16-11-25)31-21-28(14-20-33(31)38)26-12-17-30(36)18-13-26/h5-21,34-38H,3-4H2,1-2H3/b22-5+,32-19+. The van der Waals surface area contributed by atoms with Crippen molar-refractivity contribution in [1.82, 2.24) is 0 Å². The highest BCUT2D eigenvalue weighted by Crippen LogP contribution is 2.40. The van der Waals surface area contributed by atoms with Gasteiger partial charge in [-0.1, -0.05) is 74.2 Å². The first-order valence-corrected chi connectivity index (χ1v) is 12.5. The summed E-state index contributed by atoms with van der Waals surface area (Å²) in [6.45, 7) is 8.26. The highest BCUT2D eigenvalue weighted by molar-refractivity contribution is 5.69. The molecule has 0 bridgehead atoms. The van der Waals surface area contributed by atoms with Crippen LogP contribution in [-0.2, 0) is 6.42 Å². The number of rotatable bonds is 8. The molecule has 38 heavy (non-hydrogen) atoms. The molecule has 4 nitrogen and oxygen atoms in total. The predicted molar refractivity (Wildman–Crippen MR) is 154 cm³/mol. The lowest BCUT2D eigenvalue weighted by atomic mass is 9.82. The van der Waals surface area contributed by atoms with E-state index in [9.17, 15) is 20.4 Å². The number of phenolic OH excluding ortho intramolecular Hbond substituents is 3. The lowest BCUT2D eigenvalue weighted by molar-refractivity contribution is 0.416. The number of phenols is 3. The maximum absolute atomic E-state index is 11.1. The van der Waals surface area contributed by atoms with E-state index in [1.54, 1.807) is 42.5 Å². The summed E-state index contributed by atoms with van der Waals surface area (Å²) in [5.41, 5.74) is 6.73. The van der Waals surface area contributed by atoms with Crippen molar-refractivity contribution in [3.63, 3.8) is 0 Å². The van der Waals surface area contributed by atoms with Gasteiger partial charge in [0.15, 0.2) is 0 Å². The fraction of sp³-hybridized carbons (Fsp3) is 0.118. The first-order chi connectivity index (χ1) is 18.3. The fourth-order valence-corrected chi connectivity index (χ4v) is 4.41. The first-order valence-electron chi connectivity index (χ1n) is 12.5. The molecule has 0 aromatic heterocycles. The quantitative estimate of drug-likeness (QED) is 0.144. The molecular formula is C34H32O4. The molecule has 4 aromatic carbocycles. The van der Waals surface area contributed by atoms with Crippen molar-refractivity contribution in [3.05, 3.63) is 143 Å². The summed E-state index contributed by atoms with van der Waals surface area (Å²) >= 11 is 0. The van der Waals surface area contributed by atoms with E-state index in [1.807, 2.05) is 67.6 Å². The molecule has 4 N–H and O–H groups in total. The summed E-state index contributed by atoms with van der Waals surface area (Å²) < 4.78 is 0. The molecule has 0 aliphatic carbocycles. The normalized spacial score (nSPS) is 12.8. The van der Waals surface area contributed by atoms with Gasteiger partial charge < -0.3 is 20.4 Å². The molecule has 0 radical (unpaired) electrons. The van der Waals surface area contributed by atoms with Crippen LogP contribution in [0.5, 0.6) is 17.2 Å². The van der Waals surface area contributed by atoms with Gasteiger partial charge in [0.1, 0.15) is 23.0 Å². The number of hydrogen-bond donors (Lipinski definition) is 4. The molecular weight excluding hydrogens is 472 g/mol. The summed E-state index contributed by atoms with van der Waals surface area (Å²) in [5.74, 6) is -0.0269. The number of hydrogen-bond acceptors (Lipinski definition) is 4. The van der Waals surface area contributed by atoms with Crippen LogP contribution in [0.25, 0.3) is 16.7 Å². The smallest absolute Gasteiger partial charge is 0.119 e. The first kappa shape index (κ1) is 26.4. The second-order valence-electron chi connectivity index (χ2n) is 9.32. The minimum atomic E-state index is -0.503. The Bertz CT molecular complexity index is 1480. The van der Waals surface area contributed by atoms with Crippen molar-refractivity contribution >= 4 is 5.57 Å². The largest absolute Gasteiger partial charge is 0.508 e. The summed E-state index contributed by atoms with van der Waals surface area (Å²) in [7, 11) is 0. The Labute approximate surface area is 223 Å². The monoisotopic (exact) mass is 504 g/mol. The van der Waals surface area contributed by atoms with Gasteiger partial charge in [-0.15, -0.1) is 0 Å². The molecule has 1 unspecified atom stereocenters. The Morgan fingerprint density at radius 3 is 1.95 bits per heavy atom. The molecule has 192 valence electrons. The molecule has 0 aliphatic rings. The second-order valence-corrected chi connectivity index (χ2v) is 9.32. The number of aliphatic hydroxyl groups is 1. The Morgan fingerprint density at radius 2 is 1.34 bits per heavy atom. The zero-order chi connectivity index (χ0) is 27.2. The van der Waals surface area contributed by atoms with E-state index < -0.39 is 5.92 Å². The second kappa shape index (κ2) is 11.6. The van der Waals surface area contributed by atoms with Crippen LogP contribution in [0, 0.1) is 0 Å². The summed E-state index contributed by atoms with van der Waals surface area (Å²) in [6, 6.07) is 27.2. The third kappa shape index (κ3) is 5.98. The van der Waals surface area contributed by atoms with E-state index in [0.29, 0.717) is 11.1 Å². The summed E-state index contributed by atoms with van der Waals surface area (Å²) in [4.78, 5) is 0. The van der Waals surface area contributed by atoms with Gasteiger partial charge in [0.05, 0.1) is 0 Å². The van der Waals surface area contributed by atoms with Crippen LogP contribution in [0.4, 0.5) is 0 Å². The average Bonchev–Trinajstić information content (AvgIpc) is 2.93. The van der Waals surface area contributed by atoms with Crippen molar-refractivity contribution < 1.29 is 20.4 Å². The zero-order valence-corrected chi connectivity index (χ0v) is 21.6. The van der Waals surface area contributed by atoms with Gasteiger partial charge in [-0.3, -0.25) is 0 Å². The van der Waals surface area contributed by atoms with E-state index in [0.717, 1.165) is 34.2 Å². The predicted octanol–water partition coefficient (Wildman–Crippen LogP) is 8.27. The molecule has 4 aromatic rings. The number of aliphatic hydroxyl groups excluding tert-OH is 1. The van der Waals surface area contributed by atoms with E-state index in [2.05, 4.69) is 13.5 Å². The Balaban J connectivity index is 1.76. The molecule has 0 fully saturated rings. The maximum atomic E-state index is 11.1. The van der Waals surface area contributed by atoms with Crippen molar-refractivity contribution in [2.24, 2.45) is 0 Å². The summed E-state index contributed by atoms with van der Waals surface area (Å²) in [6.07, 6.45) is 4.32. The van der Waals surface area contributed by atoms with Crippen LogP contribution in [0.15, 0.2) is 121 Å².